The molecule has 1 aromatic rings. The first kappa shape index (κ1) is 14.5. The summed E-state index contributed by atoms with van der Waals surface area (Å²) in [6.07, 6.45) is 3.13. The number of benzene rings is 1. The summed E-state index contributed by atoms with van der Waals surface area (Å²) in [5, 5.41) is 12.3. The van der Waals surface area contributed by atoms with Crippen LogP contribution in [0.25, 0.3) is 0 Å². The van der Waals surface area contributed by atoms with Crippen LogP contribution in [0.15, 0.2) is 18.2 Å². The first-order chi connectivity index (χ1) is 8.65. The number of methoxy groups -OCH3 is 1. The van der Waals surface area contributed by atoms with Crippen LogP contribution in [0.4, 0.5) is 5.69 Å². The molecule has 18 heavy (non-hydrogen) atoms. The van der Waals surface area contributed by atoms with Gasteiger partial charge in [-0.25, -0.2) is 4.79 Å². The average molecular weight is 251 g/mol. The molecular formula is C14H21NO3. The van der Waals surface area contributed by atoms with E-state index in [1.54, 1.807) is 13.2 Å². The summed E-state index contributed by atoms with van der Waals surface area (Å²) in [5.74, 6) is -0.892. The third-order valence-corrected chi connectivity index (χ3v) is 2.75. The van der Waals surface area contributed by atoms with Crippen LogP contribution in [0, 0.1) is 6.92 Å². The van der Waals surface area contributed by atoms with E-state index in [1.807, 2.05) is 19.1 Å². The topological polar surface area (TPSA) is 58.6 Å². The van der Waals surface area contributed by atoms with Crippen LogP contribution in [-0.4, -0.2) is 31.3 Å². The third kappa shape index (κ3) is 4.75. The van der Waals surface area contributed by atoms with Crippen LogP contribution in [0.5, 0.6) is 0 Å². The minimum absolute atomic E-state index is 0.331. The fourth-order valence-electron chi connectivity index (χ4n) is 1.76. The second kappa shape index (κ2) is 7.71. The van der Waals surface area contributed by atoms with Crippen LogP contribution in [0.3, 0.4) is 0 Å². The van der Waals surface area contributed by atoms with Gasteiger partial charge in [0.05, 0.1) is 5.56 Å². The second-order valence-corrected chi connectivity index (χ2v) is 4.33. The van der Waals surface area contributed by atoms with E-state index in [0.717, 1.165) is 38.0 Å². The van der Waals surface area contributed by atoms with Gasteiger partial charge in [0.1, 0.15) is 0 Å². The maximum absolute atomic E-state index is 11.1. The van der Waals surface area contributed by atoms with Crippen molar-refractivity contribution in [3.63, 3.8) is 0 Å². The number of unbranched alkanes of at least 4 members (excludes halogenated alkanes) is 2. The number of carbonyl (C=O) groups is 1. The Morgan fingerprint density at radius 3 is 2.78 bits per heavy atom. The number of rotatable bonds is 8. The fourth-order valence-corrected chi connectivity index (χ4v) is 1.76. The maximum Gasteiger partial charge on any atom is 0.337 e. The molecule has 0 unspecified atom stereocenters. The van der Waals surface area contributed by atoms with Crippen LogP contribution >= 0.6 is 0 Å². The van der Waals surface area contributed by atoms with Crippen molar-refractivity contribution in [3.05, 3.63) is 29.3 Å². The Bertz CT molecular complexity index is 391. The number of anilines is 1. The molecule has 4 heteroatoms. The van der Waals surface area contributed by atoms with E-state index in [2.05, 4.69) is 5.32 Å². The molecule has 0 atom stereocenters. The molecule has 0 aliphatic heterocycles. The molecule has 0 aromatic heterocycles. The molecule has 0 amide bonds. The van der Waals surface area contributed by atoms with Crippen molar-refractivity contribution in [2.45, 2.75) is 26.2 Å². The number of ether oxygens (including phenoxy) is 1. The minimum atomic E-state index is -0.892. The Kier molecular flexibility index (Phi) is 6.22. The summed E-state index contributed by atoms with van der Waals surface area (Å²) in [6, 6.07) is 5.33. The average Bonchev–Trinajstić information content (AvgIpc) is 2.33. The minimum Gasteiger partial charge on any atom is -0.478 e. The molecule has 1 rings (SSSR count). The highest BCUT2D eigenvalue weighted by Gasteiger charge is 2.09. The summed E-state index contributed by atoms with van der Waals surface area (Å²) >= 11 is 0. The zero-order valence-corrected chi connectivity index (χ0v) is 11.0. The monoisotopic (exact) mass is 251 g/mol. The van der Waals surface area contributed by atoms with Gasteiger partial charge in [0.15, 0.2) is 0 Å². The Morgan fingerprint density at radius 1 is 1.33 bits per heavy atom. The van der Waals surface area contributed by atoms with Crippen molar-refractivity contribution >= 4 is 11.7 Å². The molecule has 0 aliphatic carbocycles. The van der Waals surface area contributed by atoms with Gasteiger partial charge >= 0.3 is 5.97 Å². The molecule has 0 saturated heterocycles. The third-order valence-electron chi connectivity index (χ3n) is 2.75. The summed E-state index contributed by atoms with van der Waals surface area (Å²) < 4.78 is 4.97. The van der Waals surface area contributed by atoms with Gasteiger partial charge < -0.3 is 15.2 Å². The van der Waals surface area contributed by atoms with Crippen LogP contribution in [0.1, 0.15) is 35.2 Å². The van der Waals surface area contributed by atoms with Crippen molar-refractivity contribution in [3.8, 4) is 0 Å². The summed E-state index contributed by atoms with van der Waals surface area (Å²) in [4.78, 5) is 11.1. The van der Waals surface area contributed by atoms with Gasteiger partial charge in [0.25, 0.3) is 0 Å². The molecule has 1 aromatic carbocycles. The van der Waals surface area contributed by atoms with E-state index in [4.69, 9.17) is 9.84 Å². The van der Waals surface area contributed by atoms with Gasteiger partial charge in [-0.05, 0) is 43.9 Å². The van der Waals surface area contributed by atoms with E-state index in [9.17, 15) is 4.79 Å². The molecule has 0 fully saturated rings. The molecule has 0 spiro atoms. The van der Waals surface area contributed by atoms with Gasteiger partial charge in [-0.3, -0.25) is 0 Å². The Balaban J connectivity index is 2.45. The SMILES string of the molecule is COCCCCCNc1cc(C)ccc1C(=O)O. The van der Waals surface area contributed by atoms with Crippen molar-refractivity contribution in [2.24, 2.45) is 0 Å². The molecule has 0 aliphatic rings. The Morgan fingerprint density at radius 2 is 2.11 bits per heavy atom. The van der Waals surface area contributed by atoms with Crippen molar-refractivity contribution in [1.29, 1.82) is 0 Å². The summed E-state index contributed by atoms with van der Waals surface area (Å²) in [6.45, 7) is 3.52. The van der Waals surface area contributed by atoms with Crippen LogP contribution < -0.4 is 5.32 Å². The first-order valence-corrected chi connectivity index (χ1v) is 6.22. The maximum atomic E-state index is 11.1. The van der Waals surface area contributed by atoms with E-state index < -0.39 is 5.97 Å². The standard InChI is InChI=1S/C14H21NO3/c1-11-6-7-12(14(16)17)13(10-11)15-8-4-3-5-9-18-2/h6-7,10,15H,3-5,8-9H2,1-2H3,(H,16,17). The lowest BCUT2D eigenvalue weighted by atomic mass is 10.1. The summed E-state index contributed by atoms with van der Waals surface area (Å²) in [7, 11) is 1.70. The summed E-state index contributed by atoms with van der Waals surface area (Å²) in [5.41, 5.74) is 2.09. The number of carboxylic acids is 1. The number of hydrogen-bond acceptors (Lipinski definition) is 3. The number of aromatic carboxylic acids is 1. The van der Waals surface area contributed by atoms with Crippen molar-refractivity contribution in [2.75, 3.05) is 25.6 Å². The van der Waals surface area contributed by atoms with Gasteiger partial charge in [-0.15, -0.1) is 0 Å². The molecule has 0 heterocycles. The zero-order chi connectivity index (χ0) is 13.4. The predicted molar refractivity (Wildman–Crippen MR) is 72.4 cm³/mol. The number of carboxylic acid groups (broad SMARTS) is 1. The molecule has 100 valence electrons. The van der Waals surface area contributed by atoms with Crippen molar-refractivity contribution < 1.29 is 14.6 Å². The van der Waals surface area contributed by atoms with E-state index >= 15 is 0 Å². The molecule has 0 bridgehead atoms. The van der Waals surface area contributed by atoms with E-state index in [-0.39, 0.29) is 0 Å². The van der Waals surface area contributed by atoms with Crippen molar-refractivity contribution in [1.82, 2.24) is 0 Å². The normalized spacial score (nSPS) is 10.3. The highest BCUT2D eigenvalue weighted by Crippen LogP contribution is 2.17. The lowest BCUT2D eigenvalue weighted by molar-refractivity contribution is 0.0698. The van der Waals surface area contributed by atoms with Gasteiger partial charge in [-0.1, -0.05) is 6.07 Å². The predicted octanol–water partition coefficient (Wildman–Crippen LogP) is 2.92. The zero-order valence-electron chi connectivity index (χ0n) is 11.0. The second-order valence-electron chi connectivity index (χ2n) is 4.33. The fraction of sp³-hybridized carbons (Fsp3) is 0.500. The number of aryl methyl sites for hydroxylation is 1. The van der Waals surface area contributed by atoms with E-state index in [1.165, 1.54) is 0 Å². The lowest BCUT2D eigenvalue weighted by Gasteiger charge is -2.10. The highest BCUT2D eigenvalue weighted by atomic mass is 16.5. The van der Waals surface area contributed by atoms with E-state index in [0.29, 0.717) is 11.3 Å². The molecule has 2 N–H and O–H groups in total. The van der Waals surface area contributed by atoms with Crippen LogP contribution in [0.2, 0.25) is 0 Å². The van der Waals surface area contributed by atoms with Gasteiger partial charge in [0, 0.05) is 25.9 Å². The smallest absolute Gasteiger partial charge is 0.337 e. The van der Waals surface area contributed by atoms with Gasteiger partial charge in [-0.2, -0.15) is 0 Å². The number of hydrogen-bond donors (Lipinski definition) is 2. The molecule has 4 nitrogen and oxygen atoms in total. The largest absolute Gasteiger partial charge is 0.478 e. The van der Waals surface area contributed by atoms with Gasteiger partial charge in [0.2, 0.25) is 0 Å². The highest BCUT2D eigenvalue weighted by molar-refractivity contribution is 5.94. The lowest BCUT2D eigenvalue weighted by Crippen LogP contribution is -2.08. The Hall–Kier alpha value is -1.55. The molecular weight excluding hydrogens is 230 g/mol. The Labute approximate surface area is 108 Å². The number of nitrogens with one attached hydrogen (secondary N) is 1. The molecule has 0 radical (unpaired) electrons. The van der Waals surface area contributed by atoms with Crippen LogP contribution in [-0.2, 0) is 4.74 Å². The quantitative estimate of drug-likeness (QED) is 0.697. The molecule has 0 saturated carbocycles. The first-order valence-electron chi connectivity index (χ1n) is 6.22.